The Hall–Kier alpha value is -2.06. The lowest BCUT2D eigenvalue weighted by Gasteiger charge is -2.22. The highest BCUT2D eigenvalue weighted by molar-refractivity contribution is 14.0. The zero-order valence-corrected chi connectivity index (χ0v) is 19.8. The Kier molecular flexibility index (Phi) is 9.47. The van der Waals surface area contributed by atoms with E-state index in [4.69, 9.17) is 11.6 Å². The molecule has 1 heterocycles. The van der Waals surface area contributed by atoms with Crippen molar-refractivity contribution >= 4 is 41.5 Å². The topological polar surface area (TPSA) is 45.5 Å². The van der Waals surface area contributed by atoms with Crippen molar-refractivity contribution in [1.82, 2.24) is 19.8 Å². The van der Waals surface area contributed by atoms with Crippen molar-refractivity contribution in [2.45, 2.75) is 19.5 Å². The summed E-state index contributed by atoms with van der Waals surface area (Å²) in [6, 6.07) is 18.3. The van der Waals surface area contributed by atoms with E-state index in [9.17, 15) is 0 Å². The summed E-state index contributed by atoms with van der Waals surface area (Å²) < 4.78 is 2.19. The van der Waals surface area contributed by atoms with Crippen molar-refractivity contribution in [3.63, 3.8) is 0 Å². The van der Waals surface area contributed by atoms with Crippen LogP contribution in [0.1, 0.15) is 17.0 Å². The highest BCUT2D eigenvalue weighted by Gasteiger charge is 2.09. The van der Waals surface area contributed by atoms with Crippen LogP contribution in [-0.2, 0) is 19.5 Å². The van der Waals surface area contributed by atoms with Gasteiger partial charge >= 0.3 is 0 Å². The molecule has 0 unspecified atom stereocenters. The molecule has 0 aliphatic carbocycles. The van der Waals surface area contributed by atoms with Gasteiger partial charge in [-0.3, -0.25) is 4.99 Å². The number of rotatable bonds is 7. The molecule has 0 aliphatic rings. The van der Waals surface area contributed by atoms with Crippen molar-refractivity contribution in [3.8, 4) is 0 Å². The van der Waals surface area contributed by atoms with Crippen LogP contribution in [0.15, 0.2) is 72.0 Å². The minimum absolute atomic E-state index is 0. The molecule has 7 heteroatoms. The maximum Gasteiger partial charge on any atom is 0.193 e. The molecule has 0 saturated carbocycles. The average Bonchev–Trinajstić information content (AvgIpc) is 3.14. The molecular formula is C22H27ClIN5. The van der Waals surface area contributed by atoms with Gasteiger partial charge < -0.3 is 14.8 Å². The molecule has 1 N–H and O–H groups in total. The standard InChI is InChI=1S/C22H26ClN5.HI/c1-24-22(27(2)17-19-10-6-7-11-20(19)23)26-13-12-21-25-14-15-28(21)16-18-8-4-3-5-9-18;/h3-11,14-15H,12-13,16-17H2,1-2H3,(H,24,26);1H. The minimum atomic E-state index is 0. The monoisotopic (exact) mass is 523 g/mol. The van der Waals surface area contributed by atoms with Crippen molar-refractivity contribution < 1.29 is 0 Å². The molecule has 0 radical (unpaired) electrons. The summed E-state index contributed by atoms with van der Waals surface area (Å²) in [5.41, 5.74) is 2.35. The first-order valence-corrected chi connectivity index (χ1v) is 9.74. The maximum atomic E-state index is 6.27. The van der Waals surface area contributed by atoms with Crippen LogP contribution in [0, 0.1) is 0 Å². The molecule has 29 heavy (non-hydrogen) atoms. The maximum absolute atomic E-state index is 6.27. The van der Waals surface area contributed by atoms with E-state index in [1.807, 2.05) is 49.8 Å². The highest BCUT2D eigenvalue weighted by Crippen LogP contribution is 2.16. The van der Waals surface area contributed by atoms with E-state index in [1.54, 1.807) is 7.05 Å². The lowest BCUT2D eigenvalue weighted by atomic mass is 10.2. The Morgan fingerprint density at radius 1 is 1.14 bits per heavy atom. The fourth-order valence-corrected chi connectivity index (χ4v) is 3.32. The van der Waals surface area contributed by atoms with Gasteiger partial charge in [0.15, 0.2) is 5.96 Å². The predicted molar refractivity (Wildman–Crippen MR) is 131 cm³/mol. The first-order chi connectivity index (χ1) is 13.7. The van der Waals surface area contributed by atoms with E-state index >= 15 is 0 Å². The SMILES string of the molecule is CN=C(NCCc1nccn1Cc1ccccc1)N(C)Cc1ccccc1Cl.I. The molecule has 0 bridgehead atoms. The van der Waals surface area contributed by atoms with Gasteiger partial charge in [-0.1, -0.05) is 60.1 Å². The first kappa shape index (κ1) is 23.2. The third-order valence-electron chi connectivity index (χ3n) is 4.57. The molecular weight excluding hydrogens is 497 g/mol. The zero-order chi connectivity index (χ0) is 19.8. The molecule has 2 aromatic carbocycles. The van der Waals surface area contributed by atoms with E-state index in [1.165, 1.54) is 5.56 Å². The lowest BCUT2D eigenvalue weighted by Crippen LogP contribution is -2.39. The van der Waals surface area contributed by atoms with E-state index in [0.29, 0.717) is 6.54 Å². The van der Waals surface area contributed by atoms with Crippen molar-refractivity contribution in [3.05, 3.63) is 89.0 Å². The Balaban J connectivity index is 0.00000300. The Labute approximate surface area is 194 Å². The number of hydrogen-bond donors (Lipinski definition) is 1. The van der Waals surface area contributed by atoms with Gasteiger partial charge in [-0.2, -0.15) is 0 Å². The average molecular weight is 524 g/mol. The van der Waals surface area contributed by atoms with Crippen molar-refractivity contribution in [2.24, 2.45) is 4.99 Å². The molecule has 0 aliphatic heterocycles. The molecule has 1 aromatic heterocycles. The number of nitrogens with one attached hydrogen (secondary N) is 1. The van der Waals surface area contributed by atoms with Crippen LogP contribution in [0.4, 0.5) is 0 Å². The Bertz CT molecular complexity index is 910. The molecule has 0 saturated heterocycles. The Morgan fingerprint density at radius 3 is 2.59 bits per heavy atom. The summed E-state index contributed by atoms with van der Waals surface area (Å²) >= 11 is 6.27. The molecule has 154 valence electrons. The highest BCUT2D eigenvalue weighted by atomic mass is 127. The number of hydrogen-bond acceptors (Lipinski definition) is 2. The third-order valence-corrected chi connectivity index (χ3v) is 4.94. The van der Waals surface area contributed by atoms with Gasteiger partial charge in [-0.05, 0) is 17.2 Å². The number of aliphatic imine (C=N–C) groups is 1. The molecule has 0 fully saturated rings. The van der Waals surface area contributed by atoms with Crippen molar-refractivity contribution in [1.29, 1.82) is 0 Å². The van der Waals surface area contributed by atoms with Gasteiger partial charge in [0.05, 0.1) is 0 Å². The quantitative estimate of drug-likeness (QED) is 0.283. The minimum Gasteiger partial charge on any atom is -0.356 e. The van der Waals surface area contributed by atoms with E-state index in [2.05, 4.69) is 49.0 Å². The molecule has 3 rings (SSSR count). The fraction of sp³-hybridized carbons (Fsp3) is 0.273. The van der Waals surface area contributed by atoms with Gasteiger partial charge in [0, 0.05) is 57.6 Å². The molecule has 3 aromatic rings. The molecule has 5 nitrogen and oxygen atoms in total. The third kappa shape index (κ3) is 6.75. The predicted octanol–water partition coefficient (Wildman–Crippen LogP) is 4.45. The number of halogens is 2. The van der Waals surface area contributed by atoms with Gasteiger partial charge in [0.1, 0.15) is 5.82 Å². The second-order valence-corrected chi connectivity index (χ2v) is 7.04. The largest absolute Gasteiger partial charge is 0.356 e. The van der Waals surface area contributed by atoms with Gasteiger partial charge in [0.2, 0.25) is 0 Å². The number of benzene rings is 2. The van der Waals surface area contributed by atoms with Gasteiger partial charge in [-0.15, -0.1) is 24.0 Å². The summed E-state index contributed by atoms with van der Waals surface area (Å²) in [6.07, 6.45) is 4.70. The lowest BCUT2D eigenvalue weighted by molar-refractivity contribution is 0.476. The summed E-state index contributed by atoms with van der Waals surface area (Å²) in [5.74, 6) is 1.89. The Morgan fingerprint density at radius 2 is 1.86 bits per heavy atom. The summed E-state index contributed by atoms with van der Waals surface area (Å²) in [5, 5.41) is 4.19. The normalized spacial score (nSPS) is 11.1. The number of nitrogens with zero attached hydrogens (tertiary/aromatic N) is 4. The van der Waals surface area contributed by atoms with Crippen LogP contribution in [-0.4, -0.2) is 41.1 Å². The molecule has 0 atom stereocenters. The second-order valence-electron chi connectivity index (χ2n) is 6.63. The molecule has 0 amide bonds. The van der Waals surface area contributed by atoms with Gasteiger partial charge in [-0.25, -0.2) is 4.98 Å². The van der Waals surface area contributed by atoms with Crippen LogP contribution in [0.3, 0.4) is 0 Å². The van der Waals surface area contributed by atoms with Crippen LogP contribution in [0.25, 0.3) is 0 Å². The van der Waals surface area contributed by atoms with Gasteiger partial charge in [0.25, 0.3) is 0 Å². The summed E-state index contributed by atoms with van der Waals surface area (Å²) in [6.45, 7) is 2.28. The number of imidazole rings is 1. The van der Waals surface area contributed by atoms with Crippen LogP contribution < -0.4 is 5.32 Å². The van der Waals surface area contributed by atoms with Crippen LogP contribution in [0.5, 0.6) is 0 Å². The zero-order valence-electron chi connectivity index (χ0n) is 16.8. The smallest absolute Gasteiger partial charge is 0.193 e. The molecule has 0 spiro atoms. The van der Waals surface area contributed by atoms with E-state index in [0.717, 1.165) is 41.9 Å². The van der Waals surface area contributed by atoms with Crippen LogP contribution >= 0.6 is 35.6 Å². The fourth-order valence-electron chi connectivity index (χ4n) is 3.12. The van der Waals surface area contributed by atoms with E-state index in [-0.39, 0.29) is 24.0 Å². The number of guanidine groups is 1. The summed E-state index contributed by atoms with van der Waals surface area (Å²) in [4.78, 5) is 11.0. The number of aromatic nitrogens is 2. The first-order valence-electron chi connectivity index (χ1n) is 9.36. The second kappa shape index (κ2) is 11.8. The van der Waals surface area contributed by atoms with Crippen LogP contribution in [0.2, 0.25) is 5.02 Å². The summed E-state index contributed by atoms with van der Waals surface area (Å²) in [7, 11) is 3.80. The van der Waals surface area contributed by atoms with Crippen molar-refractivity contribution in [2.75, 3.05) is 20.6 Å². The van der Waals surface area contributed by atoms with E-state index < -0.39 is 0 Å².